The van der Waals surface area contributed by atoms with Gasteiger partial charge in [-0.1, -0.05) is 146 Å². The molecule has 0 heterocycles. The van der Waals surface area contributed by atoms with E-state index in [0.29, 0.717) is 5.67 Å². The second-order valence-corrected chi connectivity index (χ2v) is 14.9. The Bertz CT molecular complexity index is 1070. The van der Waals surface area contributed by atoms with E-state index in [9.17, 15) is 0 Å². The molecule has 0 amide bonds. The molecule has 0 N–H and O–H groups in total. The summed E-state index contributed by atoms with van der Waals surface area (Å²) in [5.41, 5.74) is 4.81. The highest BCUT2D eigenvalue weighted by atomic mass is 28.3. The molecule has 1 atom stereocenters. The van der Waals surface area contributed by atoms with Gasteiger partial charge in [0.1, 0.15) is 0 Å². The Morgan fingerprint density at radius 3 is 1.46 bits per heavy atom. The fourth-order valence-electron chi connectivity index (χ4n) is 5.28. The van der Waals surface area contributed by atoms with Crippen LogP contribution in [0.4, 0.5) is 0 Å². The number of rotatable bonds is 12. The summed E-state index contributed by atoms with van der Waals surface area (Å²) < 4.78 is 0. The highest BCUT2D eigenvalue weighted by Gasteiger charge is 2.37. The van der Waals surface area contributed by atoms with Crippen LogP contribution < -0.4 is 5.19 Å². The maximum atomic E-state index is 2.78. The number of aryl methyl sites for hydroxylation is 1. The van der Waals surface area contributed by atoms with Gasteiger partial charge in [-0.25, -0.2) is 0 Å². The summed E-state index contributed by atoms with van der Waals surface area (Å²) in [7, 11) is -1.78. The van der Waals surface area contributed by atoms with E-state index < -0.39 is 8.07 Å². The van der Waals surface area contributed by atoms with Crippen LogP contribution in [0.5, 0.6) is 0 Å². The van der Waals surface area contributed by atoms with Crippen LogP contribution in [0, 0.1) is 0 Å². The molecule has 4 rings (SSSR count). The first-order chi connectivity index (χ1) is 17.1. The van der Waals surface area contributed by atoms with Gasteiger partial charge in [0.25, 0.3) is 0 Å². The Balaban J connectivity index is 1.60. The van der Waals surface area contributed by atoms with E-state index in [2.05, 4.69) is 139 Å². The molecule has 0 saturated heterocycles. The van der Waals surface area contributed by atoms with Crippen molar-refractivity contribution in [3.8, 4) is 0 Å². The minimum atomic E-state index is -1.78. The average Bonchev–Trinajstić information content (AvgIpc) is 2.90. The summed E-state index contributed by atoms with van der Waals surface area (Å²) in [6.07, 6.45) is 4.89. The molecule has 0 bridgehead atoms. The Hall–Kier alpha value is -2.94. The standard InChI is InChI=1S/C33H39NSi/c1-35(2,32-24-13-6-14-25-32)33(26-16-15-19-29-17-7-3-8-18-29)34(27-30-20-9-4-10-21-30)28-31-22-11-5-12-23-31/h3-14,17-18,20-25,33H,15-16,19,26-28H2,1-2H3. The molecule has 0 aliphatic carbocycles. The van der Waals surface area contributed by atoms with E-state index in [4.69, 9.17) is 0 Å². The first kappa shape index (κ1) is 25.2. The van der Waals surface area contributed by atoms with E-state index in [1.165, 1.54) is 36.0 Å². The average molecular weight is 478 g/mol. The van der Waals surface area contributed by atoms with E-state index in [1.807, 2.05) is 0 Å². The van der Waals surface area contributed by atoms with Crippen LogP contribution >= 0.6 is 0 Å². The van der Waals surface area contributed by atoms with Crippen LogP contribution in [-0.4, -0.2) is 18.6 Å². The van der Waals surface area contributed by atoms with Crippen LogP contribution in [0.25, 0.3) is 0 Å². The Morgan fingerprint density at radius 1 is 0.543 bits per heavy atom. The molecule has 4 aromatic carbocycles. The molecule has 180 valence electrons. The summed E-state index contributed by atoms with van der Waals surface area (Å²) in [4.78, 5) is 2.78. The maximum absolute atomic E-state index is 2.78. The zero-order valence-corrected chi connectivity index (χ0v) is 22.3. The van der Waals surface area contributed by atoms with Crippen molar-refractivity contribution < 1.29 is 0 Å². The minimum Gasteiger partial charge on any atom is -0.294 e. The molecule has 0 spiro atoms. The van der Waals surface area contributed by atoms with Crippen LogP contribution in [0.3, 0.4) is 0 Å². The van der Waals surface area contributed by atoms with Gasteiger partial charge in [-0.15, -0.1) is 0 Å². The van der Waals surface area contributed by atoms with E-state index in [1.54, 1.807) is 5.19 Å². The lowest BCUT2D eigenvalue weighted by atomic mass is 10.1. The summed E-state index contributed by atoms with van der Waals surface area (Å²) >= 11 is 0. The van der Waals surface area contributed by atoms with E-state index in [0.717, 1.165) is 19.5 Å². The highest BCUT2D eigenvalue weighted by Crippen LogP contribution is 2.25. The SMILES string of the molecule is C[Si](C)(c1ccccc1)C(CCCCc1ccccc1)N(Cc1ccccc1)Cc1ccccc1. The molecule has 0 radical (unpaired) electrons. The van der Waals surface area contributed by atoms with Crippen LogP contribution in [0.2, 0.25) is 13.1 Å². The van der Waals surface area contributed by atoms with Crippen molar-refractivity contribution in [2.45, 2.75) is 57.5 Å². The molecule has 1 unspecified atom stereocenters. The minimum absolute atomic E-state index is 0.557. The van der Waals surface area contributed by atoms with Gasteiger partial charge in [-0.2, -0.15) is 0 Å². The third kappa shape index (κ3) is 7.27. The van der Waals surface area contributed by atoms with Gasteiger partial charge in [0.05, 0.1) is 8.07 Å². The highest BCUT2D eigenvalue weighted by molar-refractivity contribution is 6.91. The summed E-state index contributed by atoms with van der Waals surface area (Å²) in [6, 6.07) is 44.3. The molecule has 0 saturated carbocycles. The molecule has 1 nitrogen and oxygen atoms in total. The van der Waals surface area contributed by atoms with Gasteiger partial charge in [0.2, 0.25) is 0 Å². The molecule has 35 heavy (non-hydrogen) atoms. The van der Waals surface area contributed by atoms with Gasteiger partial charge in [-0.05, 0) is 36.0 Å². The lowest BCUT2D eigenvalue weighted by Crippen LogP contribution is -2.59. The predicted molar refractivity (Wildman–Crippen MR) is 153 cm³/mol. The van der Waals surface area contributed by atoms with Crippen LogP contribution in [0.1, 0.15) is 36.0 Å². The quantitative estimate of drug-likeness (QED) is 0.150. The second-order valence-electron chi connectivity index (χ2n) is 10.2. The Kier molecular flexibility index (Phi) is 9.11. The second kappa shape index (κ2) is 12.7. The van der Waals surface area contributed by atoms with Gasteiger partial charge in [-0.3, -0.25) is 4.90 Å². The molecular formula is C33H39NSi. The number of hydrogen-bond acceptors (Lipinski definition) is 1. The van der Waals surface area contributed by atoms with Crippen LogP contribution in [-0.2, 0) is 19.5 Å². The lowest BCUT2D eigenvalue weighted by molar-refractivity contribution is 0.214. The molecule has 0 fully saturated rings. The molecule has 4 aromatic rings. The van der Waals surface area contributed by atoms with Crippen molar-refractivity contribution in [1.82, 2.24) is 4.90 Å². The zero-order valence-electron chi connectivity index (χ0n) is 21.3. The number of nitrogens with zero attached hydrogens (tertiary/aromatic N) is 1. The lowest BCUT2D eigenvalue weighted by Gasteiger charge is -2.42. The Labute approximate surface area is 213 Å². The van der Waals surface area contributed by atoms with Gasteiger partial charge in [0.15, 0.2) is 0 Å². The van der Waals surface area contributed by atoms with Crippen molar-refractivity contribution in [2.75, 3.05) is 0 Å². The molecule has 2 heteroatoms. The first-order valence-corrected chi connectivity index (χ1v) is 16.1. The number of unbranched alkanes of at least 4 members (excludes halogenated alkanes) is 1. The third-order valence-electron chi connectivity index (χ3n) is 7.28. The number of benzene rings is 4. The van der Waals surface area contributed by atoms with E-state index in [-0.39, 0.29) is 0 Å². The van der Waals surface area contributed by atoms with Crippen molar-refractivity contribution in [3.05, 3.63) is 138 Å². The van der Waals surface area contributed by atoms with E-state index >= 15 is 0 Å². The zero-order chi connectivity index (χ0) is 24.3. The third-order valence-corrected chi connectivity index (χ3v) is 11.4. The monoisotopic (exact) mass is 477 g/mol. The molecule has 0 aliphatic rings. The summed E-state index contributed by atoms with van der Waals surface area (Å²) in [6.45, 7) is 7.13. The Morgan fingerprint density at radius 2 is 0.971 bits per heavy atom. The summed E-state index contributed by atoms with van der Waals surface area (Å²) in [5, 5.41) is 1.55. The fraction of sp³-hybridized carbons (Fsp3) is 0.273. The maximum Gasteiger partial charge on any atom is 0.0987 e. The van der Waals surface area contributed by atoms with Crippen molar-refractivity contribution in [2.24, 2.45) is 0 Å². The fourth-order valence-corrected chi connectivity index (χ4v) is 8.74. The topological polar surface area (TPSA) is 3.24 Å². The van der Waals surface area contributed by atoms with Crippen molar-refractivity contribution >= 4 is 13.3 Å². The summed E-state index contributed by atoms with van der Waals surface area (Å²) in [5.74, 6) is 0. The van der Waals surface area contributed by atoms with Crippen molar-refractivity contribution in [3.63, 3.8) is 0 Å². The van der Waals surface area contributed by atoms with Gasteiger partial charge >= 0.3 is 0 Å². The molecular weight excluding hydrogens is 438 g/mol. The molecule has 0 aliphatic heterocycles. The van der Waals surface area contributed by atoms with Crippen LogP contribution in [0.15, 0.2) is 121 Å². The smallest absolute Gasteiger partial charge is 0.0987 e. The predicted octanol–water partition coefficient (Wildman–Crippen LogP) is 7.63. The van der Waals surface area contributed by atoms with Gasteiger partial charge in [0, 0.05) is 18.8 Å². The number of hydrogen-bond donors (Lipinski definition) is 0. The first-order valence-electron chi connectivity index (χ1n) is 13.0. The largest absolute Gasteiger partial charge is 0.294 e. The normalized spacial score (nSPS) is 12.5. The van der Waals surface area contributed by atoms with Crippen molar-refractivity contribution in [1.29, 1.82) is 0 Å². The molecule has 0 aromatic heterocycles. The van der Waals surface area contributed by atoms with Gasteiger partial charge < -0.3 is 0 Å².